The Morgan fingerprint density at radius 3 is 2.47 bits per heavy atom. The van der Waals surface area contributed by atoms with Crippen molar-refractivity contribution >= 4 is 23.3 Å². The molecule has 17 heavy (non-hydrogen) atoms. The number of amides is 2. The number of nitrogens with one attached hydrogen (secondary N) is 1. The Labute approximate surface area is 98.4 Å². The predicted molar refractivity (Wildman–Crippen MR) is 61.8 cm³/mol. The summed E-state index contributed by atoms with van der Waals surface area (Å²) in [6, 6.07) is 6.65. The summed E-state index contributed by atoms with van der Waals surface area (Å²) in [5.74, 6) is -0.361. The molecule has 0 aromatic heterocycles. The van der Waals surface area contributed by atoms with Crippen LogP contribution in [-0.2, 0) is 9.59 Å². The topological polar surface area (TPSA) is 66.5 Å². The third-order valence-electron chi connectivity index (χ3n) is 2.63. The number of Topliss-reactive ketones (excluding diaryl/α,β-unsaturated/α-hetero) is 1. The van der Waals surface area contributed by atoms with E-state index in [0.29, 0.717) is 11.3 Å². The SMILES string of the molecule is CC(=O)c1ccc(N2CC(=O)NCC2=O)cc1. The van der Waals surface area contributed by atoms with E-state index in [1.54, 1.807) is 24.3 Å². The summed E-state index contributed by atoms with van der Waals surface area (Å²) in [6.45, 7) is 1.53. The number of piperazine rings is 1. The number of hydrogen-bond donors (Lipinski definition) is 1. The molecule has 2 rings (SSSR count). The standard InChI is InChI=1S/C12H12N2O3/c1-8(15)9-2-4-10(5-3-9)14-7-11(16)13-6-12(14)17/h2-5H,6-7H2,1H3,(H,13,16). The van der Waals surface area contributed by atoms with Gasteiger partial charge in [-0.3, -0.25) is 14.4 Å². The molecule has 1 aromatic rings. The average Bonchev–Trinajstić information content (AvgIpc) is 2.32. The van der Waals surface area contributed by atoms with Crippen molar-refractivity contribution in [3.63, 3.8) is 0 Å². The van der Waals surface area contributed by atoms with Gasteiger partial charge in [-0.15, -0.1) is 0 Å². The third-order valence-corrected chi connectivity index (χ3v) is 2.63. The van der Waals surface area contributed by atoms with Crippen LogP contribution in [0.2, 0.25) is 0 Å². The Morgan fingerprint density at radius 1 is 1.24 bits per heavy atom. The molecular weight excluding hydrogens is 220 g/mol. The minimum absolute atomic E-state index is 0.0211. The van der Waals surface area contributed by atoms with Crippen molar-refractivity contribution in [1.82, 2.24) is 5.32 Å². The molecule has 1 heterocycles. The lowest BCUT2D eigenvalue weighted by atomic mass is 10.1. The maximum absolute atomic E-state index is 11.6. The summed E-state index contributed by atoms with van der Waals surface area (Å²) < 4.78 is 0. The number of hydrogen-bond acceptors (Lipinski definition) is 3. The van der Waals surface area contributed by atoms with Crippen molar-refractivity contribution in [1.29, 1.82) is 0 Å². The minimum atomic E-state index is -0.180. The van der Waals surface area contributed by atoms with Crippen molar-refractivity contribution in [2.24, 2.45) is 0 Å². The second-order valence-corrected chi connectivity index (χ2v) is 3.86. The van der Waals surface area contributed by atoms with Gasteiger partial charge in [0.25, 0.3) is 0 Å². The van der Waals surface area contributed by atoms with Crippen molar-refractivity contribution < 1.29 is 14.4 Å². The Hall–Kier alpha value is -2.17. The number of ketones is 1. The molecule has 1 saturated heterocycles. The fourth-order valence-electron chi connectivity index (χ4n) is 1.67. The van der Waals surface area contributed by atoms with Crippen LogP contribution in [0, 0.1) is 0 Å². The summed E-state index contributed by atoms with van der Waals surface area (Å²) in [6.07, 6.45) is 0. The zero-order valence-electron chi connectivity index (χ0n) is 9.40. The molecule has 1 aliphatic rings. The summed E-state index contributed by atoms with van der Waals surface area (Å²) in [7, 11) is 0. The molecule has 5 heteroatoms. The van der Waals surface area contributed by atoms with Crippen LogP contribution >= 0.6 is 0 Å². The van der Waals surface area contributed by atoms with E-state index in [1.807, 2.05) is 0 Å². The van der Waals surface area contributed by atoms with Crippen LogP contribution < -0.4 is 10.2 Å². The Balaban J connectivity index is 2.24. The number of anilines is 1. The molecule has 2 amide bonds. The lowest BCUT2D eigenvalue weighted by molar-refractivity contribution is -0.128. The van der Waals surface area contributed by atoms with Gasteiger partial charge in [-0.2, -0.15) is 0 Å². The molecule has 88 valence electrons. The largest absolute Gasteiger partial charge is 0.345 e. The lowest BCUT2D eigenvalue weighted by Crippen LogP contribution is -2.51. The van der Waals surface area contributed by atoms with Gasteiger partial charge in [0.2, 0.25) is 11.8 Å². The van der Waals surface area contributed by atoms with Crippen LogP contribution in [0.4, 0.5) is 5.69 Å². The minimum Gasteiger partial charge on any atom is -0.345 e. The van der Waals surface area contributed by atoms with Crippen molar-refractivity contribution in [2.75, 3.05) is 18.0 Å². The van der Waals surface area contributed by atoms with Crippen LogP contribution in [-0.4, -0.2) is 30.7 Å². The normalized spacial score (nSPS) is 15.7. The first-order chi connectivity index (χ1) is 8.08. The molecule has 0 radical (unpaired) electrons. The number of benzene rings is 1. The highest BCUT2D eigenvalue weighted by molar-refractivity contribution is 6.04. The molecule has 0 saturated carbocycles. The van der Waals surface area contributed by atoms with E-state index in [0.717, 1.165) is 0 Å². The molecule has 1 aromatic carbocycles. The number of carbonyl (C=O) groups excluding carboxylic acids is 3. The molecule has 0 bridgehead atoms. The van der Waals surface area contributed by atoms with Gasteiger partial charge in [0, 0.05) is 11.3 Å². The van der Waals surface area contributed by atoms with E-state index in [1.165, 1.54) is 11.8 Å². The molecule has 1 N–H and O–H groups in total. The predicted octanol–water partition coefficient (Wildman–Crippen LogP) is 0.352. The third kappa shape index (κ3) is 2.33. The molecule has 5 nitrogen and oxygen atoms in total. The molecule has 1 fully saturated rings. The lowest BCUT2D eigenvalue weighted by Gasteiger charge is -2.26. The van der Waals surface area contributed by atoms with Crippen LogP contribution in [0.25, 0.3) is 0 Å². The van der Waals surface area contributed by atoms with Gasteiger partial charge >= 0.3 is 0 Å². The van der Waals surface area contributed by atoms with Gasteiger partial charge in [-0.25, -0.2) is 0 Å². The van der Waals surface area contributed by atoms with Gasteiger partial charge in [-0.05, 0) is 31.2 Å². The van der Waals surface area contributed by atoms with Crippen LogP contribution in [0.15, 0.2) is 24.3 Å². The highest BCUT2D eigenvalue weighted by Crippen LogP contribution is 2.16. The van der Waals surface area contributed by atoms with Crippen molar-refractivity contribution in [3.05, 3.63) is 29.8 Å². The zero-order chi connectivity index (χ0) is 12.4. The second kappa shape index (κ2) is 4.37. The van der Waals surface area contributed by atoms with E-state index < -0.39 is 0 Å². The maximum Gasteiger partial charge on any atom is 0.246 e. The fourth-order valence-corrected chi connectivity index (χ4v) is 1.67. The van der Waals surface area contributed by atoms with E-state index in [4.69, 9.17) is 0 Å². The Morgan fingerprint density at radius 2 is 1.88 bits per heavy atom. The van der Waals surface area contributed by atoms with Gasteiger partial charge in [0.15, 0.2) is 5.78 Å². The maximum atomic E-state index is 11.6. The summed E-state index contributed by atoms with van der Waals surface area (Å²) >= 11 is 0. The summed E-state index contributed by atoms with van der Waals surface area (Å²) in [4.78, 5) is 35.3. The molecule has 0 spiro atoms. The average molecular weight is 232 g/mol. The number of nitrogens with zero attached hydrogens (tertiary/aromatic N) is 1. The van der Waals surface area contributed by atoms with Crippen LogP contribution in [0.3, 0.4) is 0 Å². The van der Waals surface area contributed by atoms with Gasteiger partial charge in [0.05, 0.1) is 6.54 Å². The first-order valence-corrected chi connectivity index (χ1v) is 5.26. The summed E-state index contributed by atoms with van der Waals surface area (Å²) in [5, 5.41) is 2.48. The smallest absolute Gasteiger partial charge is 0.246 e. The van der Waals surface area contributed by atoms with E-state index in [2.05, 4.69) is 5.32 Å². The van der Waals surface area contributed by atoms with Gasteiger partial charge in [-0.1, -0.05) is 0 Å². The highest BCUT2D eigenvalue weighted by atomic mass is 16.2. The Kier molecular flexibility index (Phi) is 2.91. The summed E-state index contributed by atoms with van der Waals surface area (Å²) in [5.41, 5.74) is 1.22. The quantitative estimate of drug-likeness (QED) is 0.748. The number of carbonyl (C=O) groups is 3. The zero-order valence-corrected chi connectivity index (χ0v) is 9.40. The number of rotatable bonds is 2. The molecule has 1 aliphatic heterocycles. The fraction of sp³-hybridized carbons (Fsp3) is 0.250. The molecule has 0 unspecified atom stereocenters. The monoisotopic (exact) mass is 232 g/mol. The molecule has 0 aliphatic carbocycles. The first kappa shape index (κ1) is 11.3. The van der Waals surface area contributed by atoms with Crippen LogP contribution in [0.1, 0.15) is 17.3 Å². The van der Waals surface area contributed by atoms with E-state index in [9.17, 15) is 14.4 Å². The van der Waals surface area contributed by atoms with Crippen molar-refractivity contribution in [2.45, 2.75) is 6.92 Å². The molecular formula is C12H12N2O3. The van der Waals surface area contributed by atoms with Crippen molar-refractivity contribution in [3.8, 4) is 0 Å². The van der Waals surface area contributed by atoms with E-state index >= 15 is 0 Å². The van der Waals surface area contributed by atoms with Gasteiger partial charge < -0.3 is 10.2 Å². The van der Waals surface area contributed by atoms with Gasteiger partial charge in [0.1, 0.15) is 6.54 Å². The molecule has 0 atom stereocenters. The van der Waals surface area contributed by atoms with E-state index in [-0.39, 0.29) is 30.7 Å². The second-order valence-electron chi connectivity index (χ2n) is 3.86. The van der Waals surface area contributed by atoms with Crippen LogP contribution in [0.5, 0.6) is 0 Å². The first-order valence-electron chi connectivity index (χ1n) is 5.26. The Bertz CT molecular complexity index is 479. The highest BCUT2D eigenvalue weighted by Gasteiger charge is 2.24.